The highest BCUT2D eigenvalue weighted by Crippen LogP contribution is 2.06. The number of hydrogen-bond donors (Lipinski definition) is 1. The summed E-state index contributed by atoms with van der Waals surface area (Å²) in [6.45, 7) is 0.394. The van der Waals surface area contributed by atoms with Crippen LogP contribution in [0.3, 0.4) is 0 Å². The van der Waals surface area contributed by atoms with E-state index < -0.39 is 0 Å². The molecule has 1 amide bonds. The quantitative estimate of drug-likeness (QED) is 0.822. The topological polar surface area (TPSA) is 52.9 Å². The van der Waals surface area contributed by atoms with Gasteiger partial charge in [-0.25, -0.2) is 4.39 Å². The maximum atomic E-state index is 13.2. The van der Waals surface area contributed by atoms with E-state index in [1.165, 1.54) is 6.07 Å². The molecule has 84 valence electrons. The largest absolute Gasteiger partial charge is 0.356 e. The van der Waals surface area contributed by atoms with E-state index in [1.807, 2.05) is 6.07 Å². The second-order valence-electron chi connectivity index (χ2n) is 3.35. The summed E-state index contributed by atoms with van der Waals surface area (Å²) in [4.78, 5) is 11.1. The minimum atomic E-state index is -0.256. The van der Waals surface area contributed by atoms with Crippen LogP contribution in [0.15, 0.2) is 24.3 Å². The SMILES string of the molecule is N#CCCC(=O)NCCc1ccccc1F. The molecule has 0 aliphatic heterocycles. The lowest BCUT2D eigenvalue weighted by Crippen LogP contribution is -2.25. The molecule has 0 radical (unpaired) electrons. The van der Waals surface area contributed by atoms with E-state index in [2.05, 4.69) is 5.32 Å². The van der Waals surface area contributed by atoms with E-state index in [1.54, 1.807) is 18.2 Å². The molecule has 1 N–H and O–H groups in total. The number of benzene rings is 1. The third-order valence-electron chi connectivity index (χ3n) is 2.14. The highest BCUT2D eigenvalue weighted by Gasteiger charge is 2.02. The Morgan fingerprint density at radius 1 is 1.44 bits per heavy atom. The van der Waals surface area contributed by atoms with Gasteiger partial charge < -0.3 is 5.32 Å². The van der Waals surface area contributed by atoms with Crippen molar-refractivity contribution in [3.63, 3.8) is 0 Å². The van der Waals surface area contributed by atoms with Gasteiger partial charge in [0.2, 0.25) is 5.91 Å². The van der Waals surface area contributed by atoms with Crippen LogP contribution in [-0.2, 0) is 11.2 Å². The molecule has 0 heterocycles. The maximum Gasteiger partial charge on any atom is 0.221 e. The number of nitrogens with zero attached hydrogens (tertiary/aromatic N) is 1. The number of rotatable bonds is 5. The van der Waals surface area contributed by atoms with Gasteiger partial charge >= 0.3 is 0 Å². The number of carbonyl (C=O) groups excluding carboxylic acids is 1. The summed E-state index contributed by atoms with van der Waals surface area (Å²) in [7, 11) is 0. The molecular formula is C12H13FN2O. The Morgan fingerprint density at radius 3 is 2.88 bits per heavy atom. The fraction of sp³-hybridized carbons (Fsp3) is 0.333. The molecule has 0 saturated heterocycles. The molecule has 0 unspecified atom stereocenters. The number of amides is 1. The first kappa shape index (κ1) is 12.2. The van der Waals surface area contributed by atoms with Crippen LogP contribution in [-0.4, -0.2) is 12.5 Å². The molecule has 0 saturated carbocycles. The van der Waals surface area contributed by atoms with Crippen LogP contribution in [0.4, 0.5) is 4.39 Å². The summed E-state index contributed by atoms with van der Waals surface area (Å²) < 4.78 is 13.2. The highest BCUT2D eigenvalue weighted by atomic mass is 19.1. The van der Waals surface area contributed by atoms with Crippen molar-refractivity contribution >= 4 is 5.91 Å². The second kappa shape index (κ2) is 6.57. The van der Waals surface area contributed by atoms with Crippen LogP contribution in [0, 0.1) is 17.1 Å². The molecule has 0 aromatic heterocycles. The van der Waals surface area contributed by atoms with E-state index in [0.717, 1.165) is 0 Å². The van der Waals surface area contributed by atoms with Crippen LogP contribution in [0.5, 0.6) is 0 Å². The van der Waals surface area contributed by atoms with Crippen molar-refractivity contribution in [1.29, 1.82) is 5.26 Å². The van der Waals surface area contributed by atoms with E-state index in [-0.39, 0.29) is 24.6 Å². The van der Waals surface area contributed by atoms with E-state index in [4.69, 9.17) is 5.26 Å². The van der Waals surface area contributed by atoms with Crippen molar-refractivity contribution in [3.8, 4) is 6.07 Å². The lowest BCUT2D eigenvalue weighted by Gasteiger charge is -2.04. The molecule has 1 rings (SSSR count). The van der Waals surface area contributed by atoms with Crippen LogP contribution in [0.1, 0.15) is 18.4 Å². The number of halogens is 1. The molecule has 0 aliphatic rings. The van der Waals surface area contributed by atoms with Crippen LogP contribution in [0.2, 0.25) is 0 Å². The Bertz CT molecular complexity index is 398. The van der Waals surface area contributed by atoms with Gasteiger partial charge in [-0.05, 0) is 18.1 Å². The first-order valence-corrected chi connectivity index (χ1v) is 5.11. The first-order valence-electron chi connectivity index (χ1n) is 5.11. The van der Waals surface area contributed by atoms with Gasteiger partial charge in [-0.2, -0.15) is 5.26 Å². The highest BCUT2D eigenvalue weighted by molar-refractivity contribution is 5.76. The smallest absolute Gasteiger partial charge is 0.221 e. The molecule has 4 heteroatoms. The van der Waals surface area contributed by atoms with Crippen molar-refractivity contribution in [2.45, 2.75) is 19.3 Å². The van der Waals surface area contributed by atoms with Gasteiger partial charge in [-0.3, -0.25) is 4.79 Å². The van der Waals surface area contributed by atoms with Gasteiger partial charge in [0.1, 0.15) is 5.82 Å². The Balaban J connectivity index is 2.29. The van der Waals surface area contributed by atoms with Crippen LogP contribution in [0.25, 0.3) is 0 Å². The Kier molecular flexibility index (Phi) is 5.00. The molecule has 0 bridgehead atoms. The number of nitrogens with one attached hydrogen (secondary N) is 1. The second-order valence-corrected chi connectivity index (χ2v) is 3.35. The van der Waals surface area contributed by atoms with Gasteiger partial charge in [0.25, 0.3) is 0 Å². The minimum Gasteiger partial charge on any atom is -0.356 e. The van der Waals surface area contributed by atoms with Crippen molar-refractivity contribution in [2.24, 2.45) is 0 Å². The fourth-order valence-corrected chi connectivity index (χ4v) is 1.30. The maximum absolute atomic E-state index is 13.2. The number of hydrogen-bond acceptors (Lipinski definition) is 2. The summed E-state index contributed by atoms with van der Waals surface area (Å²) in [5.41, 5.74) is 0.586. The summed E-state index contributed by atoms with van der Waals surface area (Å²) in [6.07, 6.45) is 0.879. The fourth-order valence-electron chi connectivity index (χ4n) is 1.30. The summed E-state index contributed by atoms with van der Waals surface area (Å²) in [5, 5.41) is 10.9. The molecule has 0 fully saturated rings. The zero-order valence-corrected chi connectivity index (χ0v) is 8.87. The lowest BCUT2D eigenvalue weighted by atomic mass is 10.1. The number of carbonyl (C=O) groups is 1. The Morgan fingerprint density at radius 2 is 2.19 bits per heavy atom. The van der Waals surface area contributed by atoms with Gasteiger partial charge in [-0.1, -0.05) is 18.2 Å². The summed E-state index contributed by atoms with van der Waals surface area (Å²) in [6, 6.07) is 8.37. The van der Waals surface area contributed by atoms with E-state index >= 15 is 0 Å². The molecule has 0 atom stereocenters. The molecule has 1 aromatic rings. The molecule has 16 heavy (non-hydrogen) atoms. The molecular weight excluding hydrogens is 207 g/mol. The van der Waals surface area contributed by atoms with Crippen LogP contribution < -0.4 is 5.32 Å². The van der Waals surface area contributed by atoms with Gasteiger partial charge in [0.05, 0.1) is 6.07 Å². The van der Waals surface area contributed by atoms with Crippen LogP contribution >= 0.6 is 0 Å². The van der Waals surface area contributed by atoms with Crippen molar-refractivity contribution in [3.05, 3.63) is 35.6 Å². The lowest BCUT2D eigenvalue weighted by molar-refractivity contribution is -0.120. The van der Waals surface area contributed by atoms with Crippen molar-refractivity contribution in [2.75, 3.05) is 6.54 Å². The predicted octanol–water partition coefficient (Wildman–Crippen LogP) is 1.79. The summed E-state index contributed by atoms with van der Waals surface area (Å²) >= 11 is 0. The van der Waals surface area contributed by atoms with E-state index in [9.17, 15) is 9.18 Å². The molecule has 0 spiro atoms. The monoisotopic (exact) mass is 220 g/mol. The third-order valence-corrected chi connectivity index (χ3v) is 2.14. The minimum absolute atomic E-state index is 0.169. The van der Waals surface area contributed by atoms with Gasteiger partial charge in [-0.15, -0.1) is 0 Å². The van der Waals surface area contributed by atoms with Gasteiger partial charge in [0, 0.05) is 19.4 Å². The average molecular weight is 220 g/mol. The number of nitriles is 1. The van der Waals surface area contributed by atoms with Crippen molar-refractivity contribution in [1.82, 2.24) is 5.32 Å². The normalized spacial score (nSPS) is 9.50. The van der Waals surface area contributed by atoms with Gasteiger partial charge in [0.15, 0.2) is 0 Å². The summed E-state index contributed by atoms with van der Waals surface area (Å²) in [5.74, 6) is -0.424. The zero-order valence-electron chi connectivity index (χ0n) is 8.87. The molecule has 1 aromatic carbocycles. The first-order chi connectivity index (χ1) is 7.74. The van der Waals surface area contributed by atoms with E-state index in [0.29, 0.717) is 18.5 Å². The Labute approximate surface area is 93.9 Å². The standard InChI is InChI=1S/C12H13FN2O/c13-11-5-2-1-4-10(11)7-9-15-12(16)6-3-8-14/h1-2,4-5H,3,6-7,9H2,(H,15,16). The van der Waals surface area contributed by atoms with Crippen molar-refractivity contribution < 1.29 is 9.18 Å². The predicted molar refractivity (Wildman–Crippen MR) is 58.0 cm³/mol. The molecule has 0 aliphatic carbocycles. The Hall–Kier alpha value is -1.89. The third kappa shape index (κ3) is 4.09. The average Bonchev–Trinajstić information content (AvgIpc) is 2.29. The molecule has 3 nitrogen and oxygen atoms in total. The zero-order chi connectivity index (χ0) is 11.8.